The van der Waals surface area contributed by atoms with Gasteiger partial charge in [0.15, 0.2) is 0 Å². The Hall–Kier alpha value is -1.95. The molecule has 6 nitrogen and oxygen atoms in total. The van der Waals surface area contributed by atoms with Gasteiger partial charge in [-0.1, -0.05) is 0 Å². The summed E-state index contributed by atoms with van der Waals surface area (Å²) in [5.74, 6) is -0.156. The lowest BCUT2D eigenvalue weighted by molar-refractivity contribution is -0.384. The van der Waals surface area contributed by atoms with Crippen molar-refractivity contribution >= 4 is 11.6 Å². The minimum Gasteiger partial charge on any atom is -0.336 e. The number of hydrogen-bond donors (Lipinski definition) is 1. The molecule has 0 radical (unpaired) electrons. The van der Waals surface area contributed by atoms with E-state index in [1.54, 1.807) is 17.9 Å². The van der Waals surface area contributed by atoms with Crippen LogP contribution in [-0.4, -0.2) is 34.4 Å². The van der Waals surface area contributed by atoms with Gasteiger partial charge in [-0.3, -0.25) is 14.9 Å². The van der Waals surface area contributed by atoms with Crippen LogP contribution in [0.1, 0.15) is 35.7 Å². The normalized spacial score (nSPS) is 22.6. The smallest absolute Gasteiger partial charge is 0.270 e. The Morgan fingerprint density at radius 1 is 1.45 bits per heavy atom. The zero-order valence-corrected chi connectivity index (χ0v) is 11.7. The van der Waals surface area contributed by atoms with Crippen molar-refractivity contribution in [2.24, 2.45) is 5.73 Å². The topological polar surface area (TPSA) is 89.5 Å². The lowest BCUT2D eigenvalue weighted by Crippen LogP contribution is -2.48. The van der Waals surface area contributed by atoms with Gasteiger partial charge in [0.2, 0.25) is 0 Å². The van der Waals surface area contributed by atoms with E-state index in [4.69, 9.17) is 5.73 Å². The molecule has 1 heterocycles. The number of hydrogen-bond acceptors (Lipinski definition) is 4. The van der Waals surface area contributed by atoms with Crippen molar-refractivity contribution in [1.29, 1.82) is 0 Å². The summed E-state index contributed by atoms with van der Waals surface area (Å²) in [4.78, 5) is 24.7. The van der Waals surface area contributed by atoms with Crippen LogP contribution in [0.4, 0.5) is 5.69 Å². The molecule has 2 rings (SSSR count). The molecule has 0 bridgehead atoms. The summed E-state index contributed by atoms with van der Waals surface area (Å²) in [7, 11) is 0. The minimum absolute atomic E-state index is 0.0466. The number of carbonyl (C=O) groups excluding carboxylic acids is 1. The number of non-ortho nitro benzene ring substituents is 1. The minimum atomic E-state index is -0.473. The fraction of sp³-hybridized carbons (Fsp3) is 0.500. The molecule has 0 spiro atoms. The number of aryl methyl sites for hydroxylation is 1. The number of piperidine rings is 1. The first kappa shape index (κ1) is 14.5. The van der Waals surface area contributed by atoms with E-state index in [0.29, 0.717) is 17.7 Å². The Kier molecular flexibility index (Phi) is 4.04. The Labute approximate surface area is 117 Å². The highest BCUT2D eigenvalue weighted by atomic mass is 16.6. The average Bonchev–Trinajstić information content (AvgIpc) is 2.37. The maximum Gasteiger partial charge on any atom is 0.270 e. The van der Waals surface area contributed by atoms with Gasteiger partial charge in [0.25, 0.3) is 11.6 Å². The SMILES string of the molecule is Cc1cc(C(=O)N2CCC(N)CC2C)cc([N+](=O)[O-])c1. The second-order valence-electron chi connectivity index (χ2n) is 5.45. The number of carbonyl (C=O) groups is 1. The first-order valence-electron chi connectivity index (χ1n) is 6.71. The van der Waals surface area contributed by atoms with Gasteiger partial charge in [-0.15, -0.1) is 0 Å². The maximum absolute atomic E-state index is 12.5. The van der Waals surface area contributed by atoms with Gasteiger partial charge in [0, 0.05) is 36.3 Å². The monoisotopic (exact) mass is 277 g/mol. The Morgan fingerprint density at radius 3 is 2.75 bits per heavy atom. The highest BCUT2D eigenvalue weighted by Gasteiger charge is 2.28. The molecular weight excluding hydrogens is 258 g/mol. The molecule has 1 aliphatic rings. The van der Waals surface area contributed by atoms with E-state index in [1.807, 2.05) is 6.92 Å². The van der Waals surface area contributed by atoms with Crippen molar-refractivity contribution in [1.82, 2.24) is 4.90 Å². The van der Waals surface area contributed by atoms with E-state index in [1.165, 1.54) is 12.1 Å². The van der Waals surface area contributed by atoms with Crippen molar-refractivity contribution in [3.8, 4) is 0 Å². The molecule has 1 saturated heterocycles. The first-order chi connectivity index (χ1) is 9.38. The molecule has 6 heteroatoms. The van der Waals surface area contributed by atoms with Gasteiger partial charge in [0.05, 0.1) is 4.92 Å². The van der Waals surface area contributed by atoms with E-state index in [0.717, 1.165) is 12.8 Å². The van der Waals surface area contributed by atoms with Crippen LogP contribution in [0, 0.1) is 17.0 Å². The largest absolute Gasteiger partial charge is 0.336 e. The summed E-state index contributed by atoms with van der Waals surface area (Å²) < 4.78 is 0. The third kappa shape index (κ3) is 2.96. The Balaban J connectivity index is 2.27. The summed E-state index contributed by atoms with van der Waals surface area (Å²) in [5, 5.41) is 10.9. The average molecular weight is 277 g/mol. The molecule has 0 saturated carbocycles. The molecule has 1 aliphatic heterocycles. The number of nitrogens with two attached hydrogens (primary N) is 1. The predicted molar refractivity (Wildman–Crippen MR) is 75.5 cm³/mol. The van der Waals surface area contributed by atoms with Crippen molar-refractivity contribution in [2.45, 2.75) is 38.8 Å². The van der Waals surface area contributed by atoms with Gasteiger partial charge < -0.3 is 10.6 Å². The molecule has 1 aromatic rings. The number of amides is 1. The number of rotatable bonds is 2. The fourth-order valence-electron chi connectivity index (χ4n) is 2.67. The van der Waals surface area contributed by atoms with Gasteiger partial charge in [-0.25, -0.2) is 0 Å². The van der Waals surface area contributed by atoms with Crippen molar-refractivity contribution in [3.05, 3.63) is 39.4 Å². The number of nitro benzene ring substituents is 1. The maximum atomic E-state index is 12.5. The summed E-state index contributed by atoms with van der Waals surface area (Å²) in [6, 6.07) is 4.69. The molecule has 2 atom stereocenters. The zero-order valence-electron chi connectivity index (χ0n) is 11.7. The van der Waals surface area contributed by atoms with E-state index in [2.05, 4.69) is 0 Å². The van der Waals surface area contributed by atoms with Gasteiger partial charge in [-0.2, -0.15) is 0 Å². The molecule has 0 aromatic heterocycles. The second kappa shape index (κ2) is 5.58. The van der Waals surface area contributed by atoms with E-state index in [9.17, 15) is 14.9 Å². The van der Waals surface area contributed by atoms with Crippen LogP contribution in [0.2, 0.25) is 0 Å². The highest BCUT2D eigenvalue weighted by molar-refractivity contribution is 5.95. The molecule has 1 fully saturated rings. The molecule has 1 amide bonds. The quantitative estimate of drug-likeness (QED) is 0.660. The molecule has 108 valence electrons. The highest BCUT2D eigenvalue weighted by Crippen LogP contribution is 2.22. The number of nitrogens with zero attached hydrogens (tertiary/aromatic N) is 2. The lowest BCUT2D eigenvalue weighted by atomic mass is 9.98. The van der Waals surface area contributed by atoms with Crippen LogP contribution in [0.25, 0.3) is 0 Å². The van der Waals surface area contributed by atoms with Crippen LogP contribution >= 0.6 is 0 Å². The Bertz CT molecular complexity index is 544. The third-order valence-electron chi connectivity index (χ3n) is 3.70. The van der Waals surface area contributed by atoms with Crippen LogP contribution in [0.15, 0.2) is 18.2 Å². The lowest BCUT2D eigenvalue weighted by Gasteiger charge is -2.36. The van der Waals surface area contributed by atoms with Crippen molar-refractivity contribution in [3.63, 3.8) is 0 Å². The van der Waals surface area contributed by atoms with E-state index in [-0.39, 0.29) is 23.7 Å². The summed E-state index contributed by atoms with van der Waals surface area (Å²) >= 11 is 0. The van der Waals surface area contributed by atoms with Gasteiger partial charge in [0.1, 0.15) is 0 Å². The third-order valence-corrected chi connectivity index (χ3v) is 3.70. The molecular formula is C14H19N3O3. The van der Waals surface area contributed by atoms with Crippen molar-refractivity contribution in [2.75, 3.05) is 6.54 Å². The number of likely N-dealkylation sites (tertiary alicyclic amines) is 1. The second-order valence-corrected chi connectivity index (χ2v) is 5.45. The summed E-state index contributed by atoms with van der Waals surface area (Å²) in [5.41, 5.74) is 6.93. The predicted octanol–water partition coefficient (Wildman–Crippen LogP) is 1.86. The van der Waals surface area contributed by atoms with Crippen LogP contribution in [-0.2, 0) is 0 Å². The molecule has 20 heavy (non-hydrogen) atoms. The van der Waals surface area contributed by atoms with E-state index >= 15 is 0 Å². The number of nitro groups is 1. The molecule has 2 unspecified atom stereocenters. The van der Waals surface area contributed by atoms with E-state index < -0.39 is 4.92 Å². The van der Waals surface area contributed by atoms with Gasteiger partial charge >= 0.3 is 0 Å². The van der Waals surface area contributed by atoms with Crippen molar-refractivity contribution < 1.29 is 9.72 Å². The van der Waals surface area contributed by atoms with Gasteiger partial charge in [-0.05, 0) is 38.3 Å². The molecule has 0 aliphatic carbocycles. The standard InChI is InChI=1S/C14H19N3O3/c1-9-5-11(8-13(6-9)17(19)20)14(18)16-4-3-12(15)7-10(16)2/h5-6,8,10,12H,3-4,7,15H2,1-2H3. The fourth-order valence-corrected chi connectivity index (χ4v) is 2.67. The first-order valence-corrected chi connectivity index (χ1v) is 6.71. The van der Waals surface area contributed by atoms with Crippen LogP contribution in [0.5, 0.6) is 0 Å². The van der Waals surface area contributed by atoms with Crippen LogP contribution in [0.3, 0.4) is 0 Å². The summed E-state index contributed by atoms with van der Waals surface area (Å²) in [6.07, 6.45) is 1.53. The zero-order chi connectivity index (χ0) is 14.9. The molecule has 2 N–H and O–H groups in total. The molecule has 1 aromatic carbocycles. The number of benzene rings is 1. The Morgan fingerprint density at radius 2 is 2.15 bits per heavy atom. The summed E-state index contributed by atoms with van der Waals surface area (Å²) in [6.45, 7) is 4.31. The van der Waals surface area contributed by atoms with Crippen LogP contribution < -0.4 is 5.73 Å².